The number of nitriles is 1. The Balaban J connectivity index is 1.75. The van der Waals surface area contributed by atoms with Crippen LogP contribution in [-0.4, -0.2) is 31.7 Å². The first-order chi connectivity index (χ1) is 12.9. The molecule has 7 heteroatoms. The molecule has 0 aromatic heterocycles. The molecule has 0 saturated carbocycles. The molecular weight excluding hydrogens is 362 g/mol. The zero-order chi connectivity index (χ0) is 19.4. The average Bonchev–Trinajstić information content (AvgIpc) is 2.69. The molecule has 1 aliphatic heterocycles. The topological polar surface area (TPSA) is 90.3 Å². The van der Waals surface area contributed by atoms with Crippen molar-refractivity contribution in [2.24, 2.45) is 5.92 Å². The number of nitrogens with one attached hydrogen (secondary N) is 1. The fourth-order valence-electron chi connectivity index (χ4n) is 3.16. The van der Waals surface area contributed by atoms with E-state index in [9.17, 15) is 13.2 Å². The summed E-state index contributed by atoms with van der Waals surface area (Å²) in [5.41, 5.74) is 1.82. The van der Waals surface area contributed by atoms with Crippen LogP contribution in [0.1, 0.15) is 24.0 Å². The van der Waals surface area contributed by atoms with Gasteiger partial charge in [0.05, 0.1) is 22.1 Å². The minimum atomic E-state index is -3.63. The van der Waals surface area contributed by atoms with Crippen molar-refractivity contribution in [2.45, 2.75) is 24.7 Å². The van der Waals surface area contributed by atoms with Crippen LogP contribution in [0.15, 0.2) is 53.4 Å². The van der Waals surface area contributed by atoms with E-state index in [-0.39, 0.29) is 17.3 Å². The predicted molar refractivity (Wildman–Crippen MR) is 102 cm³/mol. The summed E-state index contributed by atoms with van der Waals surface area (Å²) in [5.74, 6) is -0.716. The lowest BCUT2D eigenvalue weighted by atomic mass is 9.98. The monoisotopic (exact) mass is 383 g/mol. The van der Waals surface area contributed by atoms with Crippen molar-refractivity contribution in [3.63, 3.8) is 0 Å². The van der Waals surface area contributed by atoms with Gasteiger partial charge in [-0.05, 0) is 44.0 Å². The molecule has 1 unspecified atom stereocenters. The number of piperidine rings is 1. The molecule has 27 heavy (non-hydrogen) atoms. The smallest absolute Gasteiger partial charge is 0.243 e. The summed E-state index contributed by atoms with van der Waals surface area (Å²) >= 11 is 0. The molecular formula is C20H21N3O3S. The van der Waals surface area contributed by atoms with Crippen LogP contribution in [0.25, 0.3) is 0 Å². The number of amides is 1. The second-order valence-electron chi connectivity index (χ2n) is 6.66. The van der Waals surface area contributed by atoms with Crippen molar-refractivity contribution in [3.05, 3.63) is 59.7 Å². The van der Waals surface area contributed by atoms with Crippen LogP contribution < -0.4 is 5.32 Å². The zero-order valence-corrected chi connectivity index (χ0v) is 15.9. The average molecular weight is 383 g/mol. The Hall–Kier alpha value is -2.69. The summed E-state index contributed by atoms with van der Waals surface area (Å²) < 4.78 is 27.1. The predicted octanol–water partition coefficient (Wildman–Crippen LogP) is 2.91. The molecule has 1 aliphatic rings. The van der Waals surface area contributed by atoms with Gasteiger partial charge >= 0.3 is 0 Å². The molecule has 1 N–H and O–H groups in total. The highest BCUT2D eigenvalue weighted by atomic mass is 32.2. The summed E-state index contributed by atoms with van der Waals surface area (Å²) in [4.78, 5) is 12.9. The molecule has 0 spiro atoms. The molecule has 0 aliphatic carbocycles. The third-order valence-corrected chi connectivity index (χ3v) is 6.60. The second-order valence-corrected chi connectivity index (χ2v) is 8.60. The highest BCUT2D eigenvalue weighted by Gasteiger charge is 2.33. The van der Waals surface area contributed by atoms with Gasteiger partial charge in [-0.25, -0.2) is 8.42 Å². The standard InChI is InChI=1S/C20H21N3O3S/c1-15-8-10-18(11-9-15)27(25,26)23-12-4-6-17(14-23)20(24)22-19-7-3-2-5-16(19)13-21/h2-3,5,7-11,17H,4,6,12,14H2,1H3,(H,22,24). The number of carbonyl (C=O) groups is 1. The van der Waals surface area contributed by atoms with Gasteiger partial charge in [-0.3, -0.25) is 4.79 Å². The van der Waals surface area contributed by atoms with E-state index in [1.807, 2.05) is 13.0 Å². The number of anilines is 1. The SMILES string of the molecule is Cc1ccc(S(=O)(=O)N2CCCC(C(=O)Nc3ccccc3C#N)C2)cc1. The quantitative estimate of drug-likeness (QED) is 0.879. The first kappa shape index (κ1) is 19.1. The first-order valence-electron chi connectivity index (χ1n) is 8.78. The maximum absolute atomic E-state index is 12.9. The number of hydrogen-bond donors (Lipinski definition) is 1. The van der Waals surface area contributed by atoms with Crippen LogP contribution in [0.5, 0.6) is 0 Å². The molecule has 1 heterocycles. The lowest BCUT2D eigenvalue weighted by Crippen LogP contribution is -2.43. The number of benzene rings is 2. The molecule has 6 nitrogen and oxygen atoms in total. The van der Waals surface area contributed by atoms with Crippen LogP contribution in [0.4, 0.5) is 5.69 Å². The maximum Gasteiger partial charge on any atom is 0.243 e. The van der Waals surface area contributed by atoms with Gasteiger partial charge in [0.15, 0.2) is 0 Å². The minimum Gasteiger partial charge on any atom is -0.325 e. The van der Waals surface area contributed by atoms with E-state index in [1.54, 1.807) is 48.5 Å². The number of nitrogens with zero attached hydrogens (tertiary/aromatic N) is 2. The molecule has 1 fully saturated rings. The van der Waals surface area contributed by atoms with Crippen molar-refractivity contribution in [1.29, 1.82) is 5.26 Å². The van der Waals surface area contributed by atoms with Crippen molar-refractivity contribution >= 4 is 21.6 Å². The van der Waals surface area contributed by atoms with Crippen molar-refractivity contribution in [3.8, 4) is 6.07 Å². The van der Waals surface area contributed by atoms with Gasteiger partial charge in [0.1, 0.15) is 6.07 Å². The molecule has 1 atom stereocenters. The van der Waals surface area contributed by atoms with Crippen molar-refractivity contribution in [1.82, 2.24) is 4.31 Å². The maximum atomic E-state index is 12.9. The zero-order valence-electron chi connectivity index (χ0n) is 15.1. The van der Waals surface area contributed by atoms with E-state index in [2.05, 4.69) is 5.32 Å². The molecule has 0 bridgehead atoms. The fraction of sp³-hybridized carbons (Fsp3) is 0.300. The van der Waals surface area contributed by atoms with Gasteiger partial charge in [-0.2, -0.15) is 9.57 Å². The van der Waals surface area contributed by atoms with Gasteiger partial charge in [-0.15, -0.1) is 0 Å². The van der Waals surface area contributed by atoms with Crippen LogP contribution in [-0.2, 0) is 14.8 Å². The Morgan fingerprint density at radius 3 is 2.59 bits per heavy atom. The second kappa shape index (κ2) is 7.91. The van der Waals surface area contributed by atoms with Gasteiger partial charge in [0.2, 0.25) is 15.9 Å². The molecule has 0 radical (unpaired) electrons. The molecule has 1 saturated heterocycles. The van der Waals surface area contributed by atoms with Crippen LogP contribution in [0.3, 0.4) is 0 Å². The minimum absolute atomic E-state index is 0.136. The molecule has 3 rings (SSSR count). The summed E-state index contributed by atoms with van der Waals surface area (Å²) in [6.07, 6.45) is 1.23. The Bertz CT molecular complexity index is 978. The number of carbonyl (C=O) groups excluding carboxylic acids is 1. The number of sulfonamides is 1. The highest BCUT2D eigenvalue weighted by molar-refractivity contribution is 7.89. The molecule has 140 valence electrons. The van der Waals surface area contributed by atoms with Crippen molar-refractivity contribution in [2.75, 3.05) is 18.4 Å². The number of para-hydroxylation sites is 1. The number of hydrogen-bond acceptors (Lipinski definition) is 4. The van der Waals surface area contributed by atoms with Gasteiger partial charge in [-0.1, -0.05) is 29.8 Å². The summed E-state index contributed by atoms with van der Waals surface area (Å²) in [5, 5.41) is 11.9. The Labute approximate surface area is 159 Å². The third kappa shape index (κ3) is 4.18. The lowest BCUT2D eigenvalue weighted by molar-refractivity contribution is -0.120. The fourth-order valence-corrected chi connectivity index (χ4v) is 4.68. The molecule has 2 aromatic carbocycles. The molecule has 1 amide bonds. The normalized spacial score (nSPS) is 17.9. The van der Waals surface area contributed by atoms with E-state index in [0.29, 0.717) is 30.6 Å². The lowest BCUT2D eigenvalue weighted by Gasteiger charge is -2.31. The number of aryl methyl sites for hydroxylation is 1. The summed E-state index contributed by atoms with van der Waals surface area (Å²) in [6, 6.07) is 15.5. The third-order valence-electron chi connectivity index (χ3n) is 4.72. The Kier molecular flexibility index (Phi) is 5.59. The van der Waals surface area contributed by atoms with Crippen molar-refractivity contribution < 1.29 is 13.2 Å². The Morgan fingerprint density at radius 2 is 1.89 bits per heavy atom. The van der Waals surface area contributed by atoms with Gasteiger partial charge < -0.3 is 5.32 Å². The van der Waals surface area contributed by atoms with Gasteiger partial charge in [0, 0.05) is 13.1 Å². The van der Waals surface area contributed by atoms with E-state index < -0.39 is 15.9 Å². The largest absolute Gasteiger partial charge is 0.325 e. The van der Waals surface area contributed by atoms with Crippen LogP contribution in [0, 0.1) is 24.2 Å². The van der Waals surface area contributed by atoms with Crippen LogP contribution in [0.2, 0.25) is 0 Å². The van der Waals surface area contributed by atoms with Crippen LogP contribution >= 0.6 is 0 Å². The summed E-state index contributed by atoms with van der Waals surface area (Å²) in [6.45, 7) is 2.43. The van der Waals surface area contributed by atoms with Gasteiger partial charge in [0.25, 0.3) is 0 Å². The van der Waals surface area contributed by atoms with E-state index in [1.165, 1.54) is 4.31 Å². The Morgan fingerprint density at radius 1 is 1.19 bits per heavy atom. The van der Waals surface area contributed by atoms with E-state index in [0.717, 1.165) is 5.56 Å². The summed E-state index contributed by atoms with van der Waals surface area (Å²) in [7, 11) is -3.63. The molecule has 2 aromatic rings. The van der Waals surface area contributed by atoms with E-state index in [4.69, 9.17) is 5.26 Å². The number of rotatable bonds is 4. The first-order valence-corrected chi connectivity index (χ1v) is 10.2. The highest BCUT2D eigenvalue weighted by Crippen LogP contribution is 2.25. The van der Waals surface area contributed by atoms with E-state index >= 15 is 0 Å².